The quantitative estimate of drug-likeness (QED) is 0.691. The van der Waals surface area contributed by atoms with E-state index in [0.717, 1.165) is 16.9 Å². The summed E-state index contributed by atoms with van der Waals surface area (Å²) in [4.78, 5) is 13.9. The van der Waals surface area contributed by atoms with E-state index in [9.17, 15) is 4.79 Å². The molecule has 0 bridgehead atoms. The van der Waals surface area contributed by atoms with Crippen LogP contribution in [0, 0.1) is 0 Å². The topological polar surface area (TPSA) is 32.3 Å². The van der Waals surface area contributed by atoms with Crippen LogP contribution in [0.5, 0.6) is 0 Å². The molecular weight excluding hydrogens is 188 g/mol. The van der Waals surface area contributed by atoms with E-state index in [1.165, 1.54) is 0 Å². The van der Waals surface area contributed by atoms with Crippen LogP contribution < -0.4 is 5.32 Å². The molecule has 0 aliphatic carbocycles. The Morgan fingerprint density at radius 2 is 2.13 bits per heavy atom. The molecule has 0 atom stereocenters. The summed E-state index contributed by atoms with van der Waals surface area (Å²) in [7, 11) is 0. The van der Waals surface area contributed by atoms with Gasteiger partial charge in [0.25, 0.3) is 5.91 Å². The number of allylic oxidation sites excluding steroid dienone is 1. The van der Waals surface area contributed by atoms with E-state index in [0.29, 0.717) is 6.54 Å². The maximum atomic E-state index is 12.1. The van der Waals surface area contributed by atoms with Crippen molar-refractivity contribution in [3.05, 3.63) is 53.9 Å². The number of rotatable bonds is 0. The number of hydrogen-bond acceptors (Lipinski definition) is 2. The third kappa shape index (κ3) is 1.16. The SMILES string of the molecule is O=C1c2ccccc2NC=C2C=CCN12. The number of benzene rings is 1. The summed E-state index contributed by atoms with van der Waals surface area (Å²) in [6, 6.07) is 7.56. The monoisotopic (exact) mass is 198 g/mol. The Hall–Kier alpha value is -2.03. The lowest BCUT2D eigenvalue weighted by molar-refractivity contribution is 0.0833. The summed E-state index contributed by atoms with van der Waals surface area (Å²) in [6.07, 6.45) is 5.81. The molecule has 0 saturated carbocycles. The Morgan fingerprint density at radius 1 is 1.27 bits per heavy atom. The first-order valence-electron chi connectivity index (χ1n) is 4.90. The van der Waals surface area contributed by atoms with Crippen molar-refractivity contribution in [3.8, 4) is 0 Å². The third-order valence-electron chi connectivity index (χ3n) is 2.67. The van der Waals surface area contributed by atoms with Crippen LogP contribution in [-0.2, 0) is 0 Å². The second kappa shape index (κ2) is 2.98. The molecule has 3 rings (SSSR count). The lowest BCUT2D eigenvalue weighted by Crippen LogP contribution is -2.25. The van der Waals surface area contributed by atoms with Gasteiger partial charge in [-0.25, -0.2) is 0 Å². The van der Waals surface area contributed by atoms with E-state index >= 15 is 0 Å². The number of carbonyl (C=O) groups excluding carboxylic acids is 1. The van der Waals surface area contributed by atoms with Crippen molar-refractivity contribution in [2.45, 2.75) is 0 Å². The highest BCUT2D eigenvalue weighted by molar-refractivity contribution is 6.02. The molecule has 2 heterocycles. The van der Waals surface area contributed by atoms with Gasteiger partial charge in [0.2, 0.25) is 0 Å². The van der Waals surface area contributed by atoms with E-state index in [-0.39, 0.29) is 5.91 Å². The van der Waals surface area contributed by atoms with Gasteiger partial charge >= 0.3 is 0 Å². The van der Waals surface area contributed by atoms with Crippen LogP contribution in [0.4, 0.5) is 5.69 Å². The zero-order valence-corrected chi connectivity index (χ0v) is 8.10. The fraction of sp³-hybridized carbons (Fsp3) is 0.0833. The van der Waals surface area contributed by atoms with Crippen LogP contribution in [0.1, 0.15) is 10.4 Å². The van der Waals surface area contributed by atoms with Crippen LogP contribution in [0.25, 0.3) is 0 Å². The minimum absolute atomic E-state index is 0.0619. The van der Waals surface area contributed by atoms with E-state index in [1.807, 2.05) is 42.6 Å². The van der Waals surface area contributed by atoms with E-state index in [4.69, 9.17) is 0 Å². The zero-order chi connectivity index (χ0) is 10.3. The number of anilines is 1. The first-order valence-corrected chi connectivity index (χ1v) is 4.90. The molecule has 3 heteroatoms. The molecule has 1 aromatic carbocycles. The van der Waals surface area contributed by atoms with Gasteiger partial charge in [0.15, 0.2) is 0 Å². The molecule has 1 N–H and O–H groups in total. The maximum absolute atomic E-state index is 12.1. The van der Waals surface area contributed by atoms with Gasteiger partial charge in [0.05, 0.1) is 16.9 Å². The smallest absolute Gasteiger partial charge is 0.260 e. The normalized spacial score (nSPS) is 17.7. The van der Waals surface area contributed by atoms with Crippen molar-refractivity contribution < 1.29 is 4.79 Å². The molecule has 74 valence electrons. The minimum Gasteiger partial charge on any atom is -0.359 e. The maximum Gasteiger partial charge on any atom is 0.260 e. The first kappa shape index (κ1) is 8.29. The first-order chi connectivity index (χ1) is 7.36. The Labute approximate surface area is 87.7 Å². The molecule has 0 aromatic heterocycles. The molecule has 3 nitrogen and oxygen atoms in total. The lowest BCUT2D eigenvalue weighted by atomic mass is 10.1. The molecule has 0 radical (unpaired) electrons. The molecular formula is C12H10N2O. The number of nitrogens with zero attached hydrogens (tertiary/aromatic N) is 1. The Kier molecular flexibility index (Phi) is 1.65. The standard InChI is InChI=1S/C12H10N2O/c15-12-10-5-1-2-6-11(10)13-8-9-4-3-7-14(9)12/h1-6,8,13H,7H2. The van der Waals surface area contributed by atoms with Gasteiger partial charge < -0.3 is 10.2 Å². The predicted molar refractivity (Wildman–Crippen MR) is 58.3 cm³/mol. The van der Waals surface area contributed by atoms with Crippen molar-refractivity contribution >= 4 is 11.6 Å². The highest BCUT2D eigenvalue weighted by Crippen LogP contribution is 2.25. The summed E-state index contributed by atoms with van der Waals surface area (Å²) in [6.45, 7) is 0.667. The molecule has 2 aliphatic rings. The average molecular weight is 198 g/mol. The number of fused-ring (bicyclic) bond motifs is 2. The van der Waals surface area contributed by atoms with Crippen molar-refractivity contribution in [1.29, 1.82) is 0 Å². The predicted octanol–water partition coefficient (Wildman–Crippen LogP) is 1.97. The van der Waals surface area contributed by atoms with Crippen LogP contribution >= 0.6 is 0 Å². The summed E-state index contributed by atoms with van der Waals surface area (Å²) in [5, 5.41) is 3.15. The molecule has 0 spiro atoms. The molecule has 1 aromatic rings. The van der Waals surface area contributed by atoms with Gasteiger partial charge in [0.1, 0.15) is 0 Å². The zero-order valence-electron chi connectivity index (χ0n) is 8.10. The second-order valence-electron chi connectivity index (χ2n) is 3.58. The lowest BCUT2D eigenvalue weighted by Gasteiger charge is -2.15. The molecule has 2 aliphatic heterocycles. The molecule has 0 saturated heterocycles. The Bertz CT molecular complexity index is 488. The van der Waals surface area contributed by atoms with Crippen molar-refractivity contribution in [2.24, 2.45) is 0 Å². The van der Waals surface area contributed by atoms with Gasteiger partial charge in [0, 0.05) is 12.7 Å². The van der Waals surface area contributed by atoms with Crippen LogP contribution in [-0.4, -0.2) is 17.4 Å². The molecule has 15 heavy (non-hydrogen) atoms. The molecule has 1 amide bonds. The minimum atomic E-state index is 0.0619. The number of hydrogen-bond donors (Lipinski definition) is 1. The fourth-order valence-electron chi connectivity index (χ4n) is 1.89. The van der Waals surface area contributed by atoms with Gasteiger partial charge in [-0.3, -0.25) is 4.79 Å². The highest BCUT2D eigenvalue weighted by atomic mass is 16.2. The van der Waals surface area contributed by atoms with Crippen molar-refractivity contribution in [1.82, 2.24) is 4.90 Å². The van der Waals surface area contributed by atoms with E-state index in [2.05, 4.69) is 5.32 Å². The van der Waals surface area contributed by atoms with Crippen LogP contribution in [0.3, 0.4) is 0 Å². The average Bonchev–Trinajstić information content (AvgIpc) is 2.69. The fourth-order valence-corrected chi connectivity index (χ4v) is 1.89. The van der Waals surface area contributed by atoms with E-state index in [1.54, 1.807) is 4.90 Å². The highest BCUT2D eigenvalue weighted by Gasteiger charge is 2.24. The number of para-hydroxylation sites is 1. The summed E-state index contributed by atoms with van der Waals surface area (Å²) >= 11 is 0. The molecule has 0 unspecified atom stereocenters. The summed E-state index contributed by atoms with van der Waals surface area (Å²) in [5.74, 6) is 0.0619. The largest absolute Gasteiger partial charge is 0.359 e. The van der Waals surface area contributed by atoms with Crippen molar-refractivity contribution in [2.75, 3.05) is 11.9 Å². The van der Waals surface area contributed by atoms with Gasteiger partial charge in [-0.15, -0.1) is 0 Å². The van der Waals surface area contributed by atoms with E-state index < -0.39 is 0 Å². The van der Waals surface area contributed by atoms with Gasteiger partial charge in [-0.1, -0.05) is 18.2 Å². The van der Waals surface area contributed by atoms with Crippen LogP contribution in [0.2, 0.25) is 0 Å². The van der Waals surface area contributed by atoms with Gasteiger partial charge in [-0.05, 0) is 18.2 Å². The van der Waals surface area contributed by atoms with Crippen molar-refractivity contribution in [3.63, 3.8) is 0 Å². The molecule has 0 fully saturated rings. The number of amides is 1. The second-order valence-corrected chi connectivity index (χ2v) is 3.58. The Balaban J connectivity index is 2.14. The summed E-state index contributed by atoms with van der Waals surface area (Å²) < 4.78 is 0. The van der Waals surface area contributed by atoms with Gasteiger partial charge in [-0.2, -0.15) is 0 Å². The van der Waals surface area contributed by atoms with Crippen LogP contribution in [0.15, 0.2) is 48.3 Å². The summed E-state index contributed by atoms with van der Waals surface area (Å²) in [5.41, 5.74) is 2.53. The Morgan fingerprint density at radius 3 is 3.07 bits per heavy atom. The number of nitrogens with one attached hydrogen (secondary N) is 1. The third-order valence-corrected chi connectivity index (χ3v) is 2.67. The number of carbonyl (C=O) groups is 1.